The van der Waals surface area contributed by atoms with Gasteiger partial charge in [0.1, 0.15) is 5.75 Å². The third-order valence-corrected chi connectivity index (χ3v) is 3.22. The van der Waals surface area contributed by atoms with E-state index in [0.717, 1.165) is 11.3 Å². The fraction of sp³-hybridized carbons (Fsp3) is 0.188. The Labute approximate surface area is 129 Å². The van der Waals surface area contributed by atoms with Gasteiger partial charge in [0.15, 0.2) is 0 Å². The molecule has 0 spiro atoms. The van der Waals surface area contributed by atoms with Crippen molar-refractivity contribution < 1.29 is 9.53 Å². The fourth-order valence-corrected chi connectivity index (χ4v) is 2.13. The summed E-state index contributed by atoms with van der Waals surface area (Å²) in [5.41, 5.74) is 2.59. The Hall–Kier alpha value is -2.20. The normalized spacial score (nSPS) is 10.0. The van der Waals surface area contributed by atoms with Gasteiger partial charge in [-0.15, -0.1) is 0 Å². The Morgan fingerprint density at radius 1 is 1.24 bits per heavy atom. The predicted octanol–water partition coefficient (Wildman–Crippen LogP) is 3.71. The molecule has 1 amide bonds. The first-order valence-electron chi connectivity index (χ1n) is 6.52. The number of rotatable bonds is 5. The number of halogens is 1. The Kier molecular flexibility index (Phi) is 5.06. The molecule has 2 N–H and O–H groups in total. The van der Waals surface area contributed by atoms with Crippen LogP contribution >= 0.6 is 11.6 Å². The Morgan fingerprint density at radius 2 is 2.05 bits per heavy atom. The standard InChI is InChI=1S/C16H17ClN2O2/c1-11-8-12(17)6-7-15(11)18-10-16(20)19-13-4-3-5-14(9-13)21-2/h3-9,18H,10H2,1-2H3,(H,19,20). The summed E-state index contributed by atoms with van der Waals surface area (Å²) in [4.78, 5) is 11.9. The van der Waals surface area contributed by atoms with Gasteiger partial charge in [0, 0.05) is 22.5 Å². The summed E-state index contributed by atoms with van der Waals surface area (Å²) in [6, 6.07) is 12.7. The molecule has 0 saturated carbocycles. The lowest BCUT2D eigenvalue weighted by atomic mass is 10.2. The third kappa shape index (κ3) is 4.39. The number of nitrogens with one attached hydrogen (secondary N) is 2. The molecule has 21 heavy (non-hydrogen) atoms. The topological polar surface area (TPSA) is 50.4 Å². The highest BCUT2D eigenvalue weighted by Crippen LogP contribution is 2.19. The van der Waals surface area contributed by atoms with Crippen LogP contribution in [-0.4, -0.2) is 19.6 Å². The zero-order chi connectivity index (χ0) is 15.2. The van der Waals surface area contributed by atoms with Crippen LogP contribution in [0.5, 0.6) is 5.75 Å². The maximum Gasteiger partial charge on any atom is 0.243 e. The number of ether oxygens (including phenoxy) is 1. The van der Waals surface area contributed by atoms with Gasteiger partial charge in [0.2, 0.25) is 5.91 Å². The van der Waals surface area contributed by atoms with Crippen LogP contribution in [0.2, 0.25) is 5.02 Å². The van der Waals surface area contributed by atoms with Crippen molar-refractivity contribution in [1.29, 1.82) is 0 Å². The Bertz CT molecular complexity index is 644. The van der Waals surface area contributed by atoms with E-state index in [4.69, 9.17) is 16.3 Å². The number of amides is 1. The summed E-state index contributed by atoms with van der Waals surface area (Å²) in [5, 5.41) is 6.58. The van der Waals surface area contributed by atoms with Crippen molar-refractivity contribution in [3.8, 4) is 5.75 Å². The van der Waals surface area contributed by atoms with Gasteiger partial charge in [0.25, 0.3) is 0 Å². The zero-order valence-electron chi connectivity index (χ0n) is 11.9. The molecule has 0 aliphatic carbocycles. The third-order valence-electron chi connectivity index (χ3n) is 2.98. The number of benzene rings is 2. The molecule has 4 nitrogen and oxygen atoms in total. The SMILES string of the molecule is COc1cccc(NC(=O)CNc2ccc(Cl)cc2C)c1. The molecule has 110 valence electrons. The maximum absolute atomic E-state index is 11.9. The van der Waals surface area contributed by atoms with Crippen molar-refractivity contribution in [1.82, 2.24) is 0 Å². The smallest absolute Gasteiger partial charge is 0.243 e. The van der Waals surface area contributed by atoms with E-state index in [0.29, 0.717) is 16.5 Å². The van der Waals surface area contributed by atoms with Gasteiger partial charge in [-0.25, -0.2) is 0 Å². The summed E-state index contributed by atoms with van der Waals surface area (Å²) in [5.74, 6) is 0.576. The van der Waals surface area contributed by atoms with Gasteiger partial charge in [0.05, 0.1) is 13.7 Å². The van der Waals surface area contributed by atoms with E-state index < -0.39 is 0 Å². The molecule has 0 aliphatic heterocycles. The second-order valence-electron chi connectivity index (χ2n) is 4.59. The van der Waals surface area contributed by atoms with Crippen molar-refractivity contribution in [3.63, 3.8) is 0 Å². The van der Waals surface area contributed by atoms with E-state index >= 15 is 0 Å². The first-order valence-corrected chi connectivity index (χ1v) is 6.90. The van der Waals surface area contributed by atoms with Gasteiger partial charge in [-0.1, -0.05) is 17.7 Å². The van der Waals surface area contributed by atoms with E-state index in [9.17, 15) is 4.79 Å². The molecule has 0 saturated heterocycles. The summed E-state index contributed by atoms with van der Waals surface area (Å²) < 4.78 is 5.11. The lowest BCUT2D eigenvalue weighted by Crippen LogP contribution is -2.22. The van der Waals surface area contributed by atoms with Gasteiger partial charge >= 0.3 is 0 Å². The molecular weight excluding hydrogens is 288 g/mol. The molecule has 0 atom stereocenters. The number of carbonyl (C=O) groups is 1. The van der Waals surface area contributed by atoms with E-state index in [1.54, 1.807) is 19.2 Å². The Balaban J connectivity index is 1.92. The van der Waals surface area contributed by atoms with E-state index in [1.807, 2.05) is 37.3 Å². The van der Waals surface area contributed by atoms with E-state index in [1.165, 1.54) is 0 Å². The van der Waals surface area contributed by atoms with Crippen molar-refractivity contribution in [2.24, 2.45) is 0 Å². The molecule has 0 aliphatic rings. The monoisotopic (exact) mass is 304 g/mol. The first-order chi connectivity index (χ1) is 10.1. The molecule has 0 heterocycles. The zero-order valence-corrected chi connectivity index (χ0v) is 12.7. The van der Waals surface area contributed by atoms with Crippen LogP contribution in [-0.2, 0) is 4.79 Å². The fourth-order valence-electron chi connectivity index (χ4n) is 1.91. The van der Waals surface area contributed by atoms with Crippen LogP contribution in [0.25, 0.3) is 0 Å². The number of methoxy groups -OCH3 is 1. The molecule has 0 unspecified atom stereocenters. The molecule has 0 fully saturated rings. The lowest BCUT2D eigenvalue weighted by Gasteiger charge is -2.11. The molecule has 2 aromatic rings. The van der Waals surface area contributed by atoms with E-state index in [2.05, 4.69) is 10.6 Å². The second-order valence-corrected chi connectivity index (χ2v) is 5.03. The van der Waals surface area contributed by atoms with Gasteiger partial charge in [-0.3, -0.25) is 4.79 Å². The average molecular weight is 305 g/mol. The van der Waals surface area contributed by atoms with Crippen LogP contribution in [0, 0.1) is 6.92 Å². The first kappa shape index (κ1) is 15.2. The van der Waals surface area contributed by atoms with Crippen LogP contribution in [0.15, 0.2) is 42.5 Å². The Morgan fingerprint density at radius 3 is 2.76 bits per heavy atom. The summed E-state index contributed by atoms with van der Waals surface area (Å²) in [7, 11) is 1.59. The quantitative estimate of drug-likeness (QED) is 0.885. The van der Waals surface area contributed by atoms with Crippen molar-refractivity contribution in [3.05, 3.63) is 53.1 Å². The maximum atomic E-state index is 11.9. The van der Waals surface area contributed by atoms with Crippen molar-refractivity contribution in [2.45, 2.75) is 6.92 Å². The lowest BCUT2D eigenvalue weighted by molar-refractivity contribution is -0.114. The molecule has 2 aromatic carbocycles. The number of carbonyl (C=O) groups excluding carboxylic acids is 1. The summed E-state index contributed by atoms with van der Waals surface area (Å²) in [6.45, 7) is 2.12. The largest absolute Gasteiger partial charge is 0.497 e. The number of hydrogen-bond acceptors (Lipinski definition) is 3. The molecular formula is C16H17ClN2O2. The van der Waals surface area contributed by atoms with Crippen LogP contribution < -0.4 is 15.4 Å². The number of aryl methyl sites for hydroxylation is 1. The minimum Gasteiger partial charge on any atom is -0.497 e. The molecule has 0 radical (unpaired) electrons. The highest BCUT2D eigenvalue weighted by Gasteiger charge is 2.05. The predicted molar refractivity (Wildman–Crippen MR) is 86.3 cm³/mol. The van der Waals surface area contributed by atoms with Crippen LogP contribution in [0.3, 0.4) is 0 Å². The van der Waals surface area contributed by atoms with Crippen molar-refractivity contribution >= 4 is 28.9 Å². The van der Waals surface area contributed by atoms with Crippen LogP contribution in [0.1, 0.15) is 5.56 Å². The highest BCUT2D eigenvalue weighted by molar-refractivity contribution is 6.30. The highest BCUT2D eigenvalue weighted by atomic mass is 35.5. The molecule has 5 heteroatoms. The number of anilines is 2. The van der Waals surface area contributed by atoms with E-state index in [-0.39, 0.29) is 12.5 Å². The molecule has 0 aromatic heterocycles. The minimum absolute atomic E-state index is 0.127. The molecule has 2 rings (SSSR count). The number of hydrogen-bond donors (Lipinski definition) is 2. The van der Waals surface area contributed by atoms with Crippen molar-refractivity contribution in [2.75, 3.05) is 24.3 Å². The minimum atomic E-state index is -0.127. The average Bonchev–Trinajstić information content (AvgIpc) is 2.46. The summed E-state index contributed by atoms with van der Waals surface area (Å²) in [6.07, 6.45) is 0. The van der Waals surface area contributed by atoms with Gasteiger partial charge < -0.3 is 15.4 Å². The van der Waals surface area contributed by atoms with Gasteiger partial charge in [-0.05, 0) is 42.8 Å². The van der Waals surface area contributed by atoms with Gasteiger partial charge in [-0.2, -0.15) is 0 Å². The molecule has 0 bridgehead atoms. The van der Waals surface area contributed by atoms with Crippen LogP contribution in [0.4, 0.5) is 11.4 Å². The summed E-state index contributed by atoms with van der Waals surface area (Å²) >= 11 is 5.90. The second kappa shape index (κ2) is 6.99.